The van der Waals surface area contributed by atoms with E-state index in [0.29, 0.717) is 6.42 Å². The zero-order chi connectivity index (χ0) is 15.7. The molecule has 0 aromatic heterocycles. The van der Waals surface area contributed by atoms with Gasteiger partial charge in [-0.3, -0.25) is 0 Å². The molecule has 21 heavy (non-hydrogen) atoms. The smallest absolute Gasteiger partial charge is 0.172 e. The molecule has 1 aliphatic heterocycles. The van der Waals surface area contributed by atoms with E-state index in [4.69, 9.17) is 10.5 Å². The normalized spacial score (nSPS) is 33.3. The molecule has 5 nitrogen and oxygen atoms in total. The van der Waals surface area contributed by atoms with Crippen molar-refractivity contribution in [1.82, 2.24) is 0 Å². The predicted molar refractivity (Wildman–Crippen MR) is 82.7 cm³/mol. The van der Waals surface area contributed by atoms with Crippen molar-refractivity contribution in [3.05, 3.63) is 0 Å². The average molecular weight is 303 g/mol. The predicted octanol–water partition coefficient (Wildman–Crippen LogP) is 1.67. The lowest BCUT2D eigenvalue weighted by Crippen LogP contribution is -2.60. The number of aliphatic hydroxyl groups excluding tert-OH is 3. The molecular formula is C16H33NO4. The third kappa shape index (κ3) is 6.61. The van der Waals surface area contributed by atoms with Crippen LogP contribution in [0.25, 0.3) is 0 Å². The van der Waals surface area contributed by atoms with Crippen LogP contribution in [0.4, 0.5) is 0 Å². The number of hydrogen-bond acceptors (Lipinski definition) is 5. The lowest BCUT2D eigenvalue weighted by atomic mass is 9.94. The van der Waals surface area contributed by atoms with Gasteiger partial charge in [-0.25, -0.2) is 0 Å². The van der Waals surface area contributed by atoms with Crippen molar-refractivity contribution in [2.24, 2.45) is 5.73 Å². The van der Waals surface area contributed by atoms with E-state index in [1.165, 1.54) is 44.9 Å². The maximum atomic E-state index is 9.88. The Morgan fingerprint density at radius 2 is 1.33 bits per heavy atom. The third-order valence-electron chi connectivity index (χ3n) is 4.36. The SMILES string of the molecule is CCCCCCCCCCCC1OC(O)C(N)C(O)C1O. The Labute approximate surface area is 128 Å². The molecule has 5 unspecified atom stereocenters. The highest BCUT2D eigenvalue weighted by atomic mass is 16.6. The molecule has 0 spiro atoms. The first-order chi connectivity index (χ1) is 10.1. The summed E-state index contributed by atoms with van der Waals surface area (Å²) in [4.78, 5) is 0. The number of nitrogens with two attached hydrogens (primary N) is 1. The molecule has 1 aliphatic rings. The van der Waals surface area contributed by atoms with Crippen LogP contribution in [0.5, 0.6) is 0 Å². The minimum atomic E-state index is -1.19. The second-order valence-corrected chi connectivity index (χ2v) is 6.24. The van der Waals surface area contributed by atoms with E-state index < -0.39 is 30.6 Å². The summed E-state index contributed by atoms with van der Waals surface area (Å²) < 4.78 is 5.27. The molecule has 0 amide bonds. The summed E-state index contributed by atoms with van der Waals surface area (Å²) in [5.74, 6) is 0. The molecule has 5 atom stereocenters. The van der Waals surface area contributed by atoms with Crippen LogP contribution in [0.15, 0.2) is 0 Å². The number of ether oxygens (including phenoxy) is 1. The van der Waals surface area contributed by atoms with Gasteiger partial charge in [0.2, 0.25) is 0 Å². The molecule has 5 heteroatoms. The van der Waals surface area contributed by atoms with Gasteiger partial charge in [0, 0.05) is 0 Å². The van der Waals surface area contributed by atoms with Gasteiger partial charge >= 0.3 is 0 Å². The Balaban J connectivity index is 2.04. The van der Waals surface area contributed by atoms with Crippen molar-refractivity contribution >= 4 is 0 Å². The summed E-state index contributed by atoms with van der Waals surface area (Å²) in [6.45, 7) is 2.22. The maximum absolute atomic E-state index is 9.88. The number of rotatable bonds is 10. The van der Waals surface area contributed by atoms with Crippen molar-refractivity contribution in [3.63, 3.8) is 0 Å². The van der Waals surface area contributed by atoms with Crippen molar-refractivity contribution in [3.8, 4) is 0 Å². The van der Waals surface area contributed by atoms with Crippen LogP contribution in [0.3, 0.4) is 0 Å². The third-order valence-corrected chi connectivity index (χ3v) is 4.36. The van der Waals surface area contributed by atoms with Crippen LogP contribution in [0, 0.1) is 0 Å². The van der Waals surface area contributed by atoms with Crippen LogP contribution in [-0.2, 0) is 4.74 Å². The fourth-order valence-corrected chi connectivity index (χ4v) is 2.86. The largest absolute Gasteiger partial charge is 0.388 e. The lowest BCUT2D eigenvalue weighted by molar-refractivity contribution is -0.243. The van der Waals surface area contributed by atoms with E-state index in [1.54, 1.807) is 0 Å². The summed E-state index contributed by atoms with van der Waals surface area (Å²) in [6.07, 6.45) is 7.91. The van der Waals surface area contributed by atoms with E-state index in [0.717, 1.165) is 12.8 Å². The van der Waals surface area contributed by atoms with E-state index in [2.05, 4.69) is 6.92 Å². The van der Waals surface area contributed by atoms with Crippen molar-refractivity contribution in [2.45, 2.75) is 102 Å². The summed E-state index contributed by atoms with van der Waals surface area (Å²) in [6, 6.07) is -0.931. The Kier molecular flexibility index (Phi) is 9.44. The van der Waals surface area contributed by atoms with Gasteiger partial charge in [0.05, 0.1) is 12.1 Å². The quantitative estimate of drug-likeness (QED) is 0.460. The van der Waals surface area contributed by atoms with Crippen molar-refractivity contribution in [2.75, 3.05) is 0 Å². The molecule has 0 aromatic rings. The zero-order valence-electron chi connectivity index (χ0n) is 13.3. The average Bonchev–Trinajstić information content (AvgIpc) is 2.48. The van der Waals surface area contributed by atoms with Crippen LogP contribution < -0.4 is 5.73 Å². The van der Waals surface area contributed by atoms with Gasteiger partial charge in [-0.15, -0.1) is 0 Å². The Bertz CT molecular complexity index is 265. The number of hydrogen-bond donors (Lipinski definition) is 4. The minimum Gasteiger partial charge on any atom is -0.388 e. The van der Waals surface area contributed by atoms with Gasteiger partial charge in [0.1, 0.15) is 12.2 Å². The highest BCUT2D eigenvalue weighted by Crippen LogP contribution is 2.23. The minimum absolute atomic E-state index is 0.514. The first-order valence-electron chi connectivity index (χ1n) is 8.53. The molecule has 0 radical (unpaired) electrons. The zero-order valence-corrected chi connectivity index (χ0v) is 13.3. The van der Waals surface area contributed by atoms with Gasteiger partial charge in [-0.05, 0) is 6.42 Å². The van der Waals surface area contributed by atoms with Crippen LogP contribution in [0.2, 0.25) is 0 Å². The summed E-state index contributed by atoms with van der Waals surface area (Å²) in [5.41, 5.74) is 5.53. The molecule has 0 aliphatic carbocycles. The second-order valence-electron chi connectivity index (χ2n) is 6.24. The molecule has 1 saturated heterocycles. The van der Waals surface area contributed by atoms with E-state index >= 15 is 0 Å². The van der Waals surface area contributed by atoms with Gasteiger partial charge < -0.3 is 25.8 Å². The molecule has 1 fully saturated rings. The van der Waals surface area contributed by atoms with E-state index in [9.17, 15) is 15.3 Å². The summed E-state index contributed by atoms with van der Waals surface area (Å²) in [7, 11) is 0. The topological polar surface area (TPSA) is 95.9 Å². The highest BCUT2D eigenvalue weighted by Gasteiger charge is 2.41. The molecule has 1 heterocycles. The number of unbranched alkanes of at least 4 members (excludes halogenated alkanes) is 8. The first kappa shape index (κ1) is 18.8. The second kappa shape index (κ2) is 10.5. The van der Waals surface area contributed by atoms with Gasteiger partial charge in [-0.2, -0.15) is 0 Å². The molecule has 0 bridgehead atoms. The van der Waals surface area contributed by atoms with Crippen molar-refractivity contribution in [1.29, 1.82) is 0 Å². The Morgan fingerprint density at radius 1 is 0.810 bits per heavy atom. The van der Waals surface area contributed by atoms with Crippen LogP contribution in [-0.4, -0.2) is 46.0 Å². The van der Waals surface area contributed by atoms with Crippen LogP contribution in [0.1, 0.15) is 71.1 Å². The fraction of sp³-hybridized carbons (Fsp3) is 1.00. The fourth-order valence-electron chi connectivity index (χ4n) is 2.86. The van der Waals surface area contributed by atoms with Gasteiger partial charge in [0.25, 0.3) is 0 Å². The molecular weight excluding hydrogens is 270 g/mol. The lowest BCUT2D eigenvalue weighted by Gasteiger charge is -2.39. The maximum Gasteiger partial charge on any atom is 0.172 e. The highest BCUT2D eigenvalue weighted by molar-refractivity contribution is 4.90. The standard InChI is InChI=1S/C16H33NO4/c1-2-3-4-5-6-7-8-9-10-11-12-14(18)15(19)13(17)16(20)21-12/h12-16,18-20H,2-11,17H2,1H3. The molecule has 1 rings (SSSR count). The first-order valence-corrected chi connectivity index (χ1v) is 8.53. The molecule has 5 N–H and O–H groups in total. The Morgan fingerprint density at radius 3 is 1.90 bits per heavy atom. The molecule has 126 valence electrons. The number of aliphatic hydroxyl groups is 3. The summed E-state index contributed by atoms with van der Waals surface area (Å²) >= 11 is 0. The van der Waals surface area contributed by atoms with Crippen LogP contribution >= 0.6 is 0 Å². The van der Waals surface area contributed by atoms with Gasteiger partial charge in [-0.1, -0.05) is 64.7 Å². The van der Waals surface area contributed by atoms with Gasteiger partial charge in [0.15, 0.2) is 6.29 Å². The monoisotopic (exact) mass is 303 g/mol. The van der Waals surface area contributed by atoms with Crippen molar-refractivity contribution < 1.29 is 20.1 Å². The van der Waals surface area contributed by atoms with E-state index in [-0.39, 0.29) is 0 Å². The molecule has 0 saturated carbocycles. The summed E-state index contributed by atoms with van der Waals surface area (Å²) in [5, 5.41) is 29.2. The molecule has 0 aromatic carbocycles. The van der Waals surface area contributed by atoms with E-state index in [1.807, 2.05) is 0 Å². The Hall–Kier alpha value is -0.200.